The molecule has 1 atom stereocenters. The van der Waals surface area contributed by atoms with Crippen LogP contribution in [0.2, 0.25) is 0 Å². The van der Waals surface area contributed by atoms with E-state index in [1.165, 1.54) is 12.1 Å². The monoisotopic (exact) mass is 467 g/mol. The predicted molar refractivity (Wildman–Crippen MR) is 114 cm³/mol. The van der Waals surface area contributed by atoms with Gasteiger partial charge in [0.05, 0.1) is 17.0 Å². The minimum Gasteiger partial charge on any atom is -0.308 e. The molecule has 0 saturated carbocycles. The van der Waals surface area contributed by atoms with Gasteiger partial charge in [-0.3, -0.25) is 9.69 Å². The fourth-order valence-corrected chi connectivity index (χ4v) is 6.04. The molecule has 6 nitrogen and oxygen atoms in total. The molecule has 172 valence electrons. The fraction of sp³-hybridized carbons (Fsp3) is 0.409. The number of carbonyl (C=O) groups excluding carboxylic acids is 1. The zero-order valence-corrected chi connectivity index (χ0v) is 18.4. The number of fused-ring (bicyclic) bond motifs is 1. The number of sulfonamides is 1. The first-order valence-corrected chi connectivity index (χ1v) is 11.8. The van der Waals surface area contributed by atoms with Gasteiger partial charge < -0.3 is 4.90 Å². The Morgan fingerprint density at radius 3 is 2.31 bits per heavy atom. The van der Waals surface area contributed by atoms with Crippen LogP contribution in [0.1, 0.15) is 18.1 Å². The number of piperazine rings is 1. The van der Waals surface area contributed by atoms with Gasteiger partial charge in [0.1, 0.15) is 0 Å². The first-order valence-electron chi connectivity index (χ1n) is 10.4. The summed E-state index contributed by atoms with van der Waals surface area (Å²) in [5, 5.41) is 0. The van der Waals surface area contributed by atoms with E-state index >= 15 is 0 Å². The van der Waals surface area contributed by atoms with Crippen molar-refractivity contribution in [2.45, 2.75) is 30.5 Å². The second kappa shape index (κ2) is 8.49. The van der Waals surface area contributed by atoms with Gasteiger partial charge in [-0.1, -0.05) is 30.3 Å². The third-order valence-corrected chi connectivity index (χ3v) is 7.93. The van der Waals surface area contributed by atoms with Crippen molar-refractivity contribution in [1.29, 1.82) is 0 Å². The van der Waals surface area contributed by atoms with Gasteiger partial charge in [0.15, 0.2) is 0 Å². The number of nitrogens with zero attached hydrogens (tertiary/aromatic N) is 3. The van der Waals surface area contributed by atoms with E-state index in [1.807, 2.05) is 36.1 Å². The Balaban J connectivity index is 1.42. The van der Waals surface area contributed by atoms with Crippen molar-refractivity contribution < 1.29 is 26.4 Å². The summed E-state index contributed by atoms with van der Waals surface area (Å²) in [7, 11) is -4.30. The van der Waals surface area contributed by atoms with Crippen molar-refractivity contribution in [3.63, 3.8) is 0 Å². The molecule has 2 aromatic rings. The Morgan fingerprint density at radius 1 is 1.00 bits per heavy atom. The normalized spacial score (nSPS) is 20.4. The Labute approximate surface area is 185 Å². The van der Waals surface area contributed by atoms with Crippen LogP contribution in [-0.4, -0.2) is 62.3 Å². The van der Waals surface area contributed by atoms with Crippen LogP contribution < -0.4 is 4.90 Å². The molecule has 10 heteroatoms. The van der Waals surface area contributed by atoms with E-state index in [0.29, 0.717) is 0 Å². The Morgan fingerprint density at radius 2 is 1.62 bits per heavy atom. The zero-order valence-electron chi connectivity index (χ0n) is 17.5. The molecule has 1 saturated heterocycles. The van der Waals surface area contributed by atoms with Crippen molar-refractivity contribution in [3.05, 3.63) is 59.7 Å². The van der Waals surface area contributed by atoms with Gasteiger partial charge in [0.25, 0.3) is 0 Å². The number of para-hydroxylation sites is 1. The van der Waals surface area contributed by atoms with E-state index in [9.17, 15) is 26.4 Å². The summed E-state index contributed by atoms with van der Waals surface area (Å²) in [5.41, 5.74) is 0.849. The van der Waals surface area contributed by atoms with Crippen LogP contribution in [-0.2, 0) is 27.4 Å². The van der Waals surface area contributed by atoms with E-state index in [4.69, 9.17) is 0 Å². The third-order valence-electron chi connectivity index (χ3n) is 5.98. The van der Waals surface area contributed by atoms with Crippen LogP contribution in [0.5, 0.6) is 0 Å². The smallest absolute Gasteiger partial charge is 0.308 e. The van der Waals surface area contributed by atoms with Crippen molar-refractivity contribution in [2.75, 3.05) is 37.6 Å². The molecule has 0 bridgehead atoms. The SMILES string of the molecule is C[C@H]1Cc2ccccc2N1C(=O)CN1CCN(S(=O)(=O)c2ccccc2C(F)(F)F)CC1. The highest BCUT2D eigenvalue weighted by molar-refractivity contribution is 7.89. The van der Waals surface area contributed by atoms with Crippen LogP contribution in [0, 0.1) is 0 Å². The highest BCUT2D eigenvalue weighted by atomic mass is 32.2. The largest absolute Gasteiger partial charge is 0.417 e. The maximum Gasteiger partial charge on any atom is 0.417 e. The summed E-state index contributed by atoms with van der Waals surface area (Å²) in [6.07, 6.45) is -3.98. The number of anilines is 1. The van der Waals surface area contributed by atoms with Crippen molar-refractivity contribution in [3.8, 4) is 0 Å². The molecule has 32 heavy (non-hydrogen) atoms. The van der Waals surface area contributed by atoms with E-state index in [1.54, 1.807) is 4.90 Å². The average Bonchev–Trinajstić information content (AvgIpc) is 3.09. The molecule has 2 heterocycles. The number of rotatable bonds is 4. The van der Waals surface area contributed by atoms with Gasteiger partial charge in [-0.15, -0.1) is 0 Å². The average molecular weight is 468 g/mol. The molecular formula is C22H24F3N3O3S. The first-order chi connectivity index (χ1) is 15.1. The number of hydrogen-bond acceptors (Lipinski definition) is 4. The molecular weight excluding hydrogens is 443 g/mol. The first kappa shape index (κ1) is 22.8. The lowest BCUT2D eigenvalue weighted by molar-refractivity contribution is -0.140. The number of carbonyl (C=O) groups is 1. The molecule has 0 unspecified atom stereocenters. The van der Waals surface area contributed by atoms with Crippen LogP contribution >= 0.6 is 0 Å². The lowest BCUT2D eigenvalue weighted by atomic mass is 10.1. The van der Waals surface area contributed by atoms with Gasteiger partial charge in [0.2, 0.25) is 15.9 Å². The summed E-state index contributed by atoms with van der Waals surface area (Å²) in [4.78, 5) is 15.9. The Bertz CT molecular complexity index is 1110. The van der Waals surface area contributed by atoms with Crippen molar-refractivity contribution >= 4 is 21.6 Å². The number of benzene rings is 2. The van der Waals surface area contributed by atoms with Gasteiger partial charge in [-0.25, -0.2) is 8.42 Å². The second-order valence-corrected chi connectivity index (χ2v) is 10.0. The van der Waals surface area contributed by atoms with Gasteiger partial charge >= 0.3 is 6.18 Å². The predicted octanol–water partition coefficient (Wildman–Crippen LogP) is 2.99. The van der Waals surface area contributed by atoms with Gasteiger partial charge in [-0.05, 0) is 37.1 Å². The lowest BCUT2D eigenvalue weighted by Crippen LogP contribution is -2.52. The van der Waals surface area contributed by atoms with Crippen molar-refractivity contribution in [1.82, 2.24) is 9.21 Å². The van der Waals surface area contributed by atoms with E-state index < -0.39 is 26.7 Å². The fourth-order valence-electron chi connectivity index (χ4n) is 4.41. The maximum atomic E-state index is 13.3. The molecule has 1 amide bonds. The van der Waals surface area contributed by atoms with Crippen LogP contribution in [0.25, 0.3) is 0 Å². The molecule has 0 N–H and O–H groups in total. The quantitative estimate of drug-likeness (QED) is 0.694. The van der Waals surface area contributed by atoms with Crippen LogP contribution in [0.15, 0.2) is 53.4 Å². The topological polar surface area (TPSA) is 60.9 Å². The molecule has 2 aromatic carbocycles. The number of hydrogen-bond donors (Lipinski definition) is 0. The summed E-state index contributed by atoms with van der Waals surface area (Å²) in [6, 6.07) is 12.0. The zero-order chi connectivity index (χ0) is 23.1. The summed E-state index contributed by atoms with van der Waals surface area (Å²) < 4.78 is 66.8. The van der Waals surface area contributed by atoms with E-state index in [-0.39, 0.29) is 44.7 Å². The molecule has 2 aliphatic rings. The van der Waals surface area contributed by atoms with E-state index in [0.717, 1.165) is 34.1 Å². The maximum absolute atomic E-state index is 13.3. The molecule has 1 fully saturated rings. The van der Waals surface area contributed by atoms with Gasteiger partial charge in [0, 0.05) is 37.9 Å². The number of halogens is 3. The summed E-state index contributed by atoms with van der Waals surface area (Å²) >= 11 is 0. The summed E-state index contributed by atoms with van der Waals surface area (Å²) in [5.74, 6) is -0.0684. The number of alkyl halides is 3. The highest BCUT2D eigenvalue weighted by Crippen LogP contribution is 2.35. The minimum absolute atomic E-state index is 0.0218. The minimum atomic E-state index is -4.76. The molecule has 2 aliphatic heterocycles. The van der Waals surface area contributed by atoms with Crippen LogP contribution in [0.4, 0.5) is 18.9 Å². The molecule has 0 aromatic heterocycles. The highest BCUT2D eigenvalue weighted by Gasteiger charge is 2.40. The van der Waals surface area contributed by atoms with Crippen LogP contribution in [0.3, 0.4) is 0 Å². The molecule has 0 aliphatic carbocycles. The molecule has 0 spiro atoms. The molecule has 0 radical (unpaired) electrons. The lowest BCUT2D eigenvalue weighted by Gasteiger charge is -2.35. The third kappa shape index (κ3) is 4.26. The Kier molecular flexibility index (Phi) is 6.04. The summed E-state index contributed by atoms with van der Waals surface area (Å²) in [6.45, 7) is 2.69. The van der Waals surface area contributed by atoms with E-state index in [2.05, 4.69) is 0 Å². The standard InChI is InChI=1S/C22H24F3N3O3S/c1-16-14-17-6-2-4-8-19(17)28(16)21(29)15-26-10-12-27(13-11-26)32(30,31)20-9-5-3-7-18(20)22(23,24)25/h2-9,16H,10-15H2,1H3/t16-/m0/s1. The number of amides is 1. The van der Waals surface area contributed by atoms with Gasteiger partial charge in [-0.2, -0.15) is 17.5 Å². The Hall–Kier alpha value is -2.43. The van der Waals surface area contributed by atoms with Crippen molar-refractivity contribution in [2.24, 2.45) is 0 Å². The second-order valence-electron chi connectivity index (χ2n) is 8.12. The molecule has 4 rings (SSSR count).